The smallest absolute Gasteiger partial charge is 0.276 e. The molecule has 2 rings (SSSR count). The van der Waals surface area contributed by atoms with E-state index in [-0.39, 0.29) is 11.7 Å². The summed E-state index contributed by atoms with van der Waals surface area (Å²) in [6.45, 7) is 4.41. The molecule has 0 saturated heterocycles. The Bertz CT molecular complexity index is 939. The first kappa shape index (κ1) is 25.6. The molecule has 0 unspecified atom stereocenters. The lowest BCUT2D eigenvalue weighted by Crippen LogP contribution is -2.49. The zero-order valence-electron chi connectivity index (χ0n) is 18.2. The van der Waals surface area contributed by atoms with Crippen molar-refractivity contribution in [1.82, 2.24) is 16.2 Å². The van der Waals surface area contributed by atoms with Crippen molar-refractivity contribution >= 4 is 45.1 Å². The SMILES string of the molecule is CCCCCCOc1ccccc1C(=O)NC(=S)NNC(=O)COc1ccc(Br)c(C)c1. The summed E-state index contributed by atoms with van der Waals surface area (Å²) in [7, 11) is 0. The topological polar surface area (TPSA) is 88.7 Å². The van der Waals surface area contributed by atoms with Crippen molar-refractivity contribution in [3.05, 3.63) is 58.1 Å². The van der Waals surface area contributed by atoms with Gasteiger partial charge in [-0.25, -0.2) is 0 Å². The number of carbonyl (C=O) groups excluding carboxylic acids is 2. The van der Waals surface area contributed by atoms with Gasteiger partial charge in [-0.05, 0) is 61.5 Å². The fourth-order valence-corrected chi connectivity index (χ4v) is 3.10. The van der Waals surface area contributed by atoms with Crippen molar-refractivity contribution in [2.45, 2.75) is 39.5 Å². The second kappa shape index (κ2) is 13.7. The molecule has 2 aromatic carbocycles. The van der Waals surface area contributed by atoms with Gasteiger partial charge in [0.25, 0.3) is 11.8 Å². The number of thiocarbonyl (C=S) groups is 1. The highest BCUT2D eigenvalue weighted by atomic mass is 79.9. The van der Waals surface area contributed by atoms with Crippen LogP contribution in [0.4, 0.5) is 0 Å². The molecule has 0 fully saturated rings. The van der Waals surface area contributed by atoms with Gasteiger partial charge in [0.2, 0.25) is 0 Å². The van der Waals surface area contributed by atoms with Gasteiger partial charge in [0.1, 0.15) is 11.5 Å². The molecule has 2 amide bonds. The van der Waals surface area contributed by atoms with Crippen LogP contribution in [0.15, 0.2) is 46.9 Å². The number of carbonyl (C=O) groups is 2. The van der Waals surface area contributed by atoms with Gasteiger partial charge in [-0.1, -0.05) is 54.2 Å². The number of amides is 2. The van der Waals surface area contributed by atoms with Crippen LogP contribution < -0.4 is 25.6 Å². The lowest BCUT2D eigenvalue weighted by atomic mass is 10.2. The summed E-state index contributed by atoms with van der Waals surface area (Å²) in [5, 5.41) is 2.49. The van der Waals surface area contributed by atoms with E-state index in [4.69, 9.17) is 21.7 Å². The maximum Gasteiger partial charge on any atom is 0.276 e. The largest absolute Gasteiger partial charge is 0.493 e. The molecule has 0 aliphatic carbocycles. The predicted molar refractivity (Wildman–Crippen MR) is 132 cm³/mol. The number of nitrogens with one attached hydrogen (secondary N) is 3. The minimum Gasteiger partial charge on any atom is -0.493 e. The average molecular weight is 522 g/mol. The molecule has 0 spiro atoms. The van der Waals surface area contributed by atoms with E-state index in [1.54, 1.807) is 24.3 Å². The van der Waals surface area contributed by atoms with E-state index in [2.05, 4.69) is 39.0 Å². The highest BCUT2D eigenvalue weighted by Gasteiger charge is 2.14. The summed E-state index contributed by atoms with van der Waals surface area (Å²) in [4.78, 5) is 24.5. The van der Waals surface area contributed by atoms with Gasteiger partial charge in [-0.15, -0.1) is 0 Å². The third-order valence-electron chi connectivity index (χ3n) is 4.43. The van der Waals surface area contributed by atoms with Crippen LogP contribution in [0.5, 0.6) is 11.5 Å². The van der Waals surface area contributed by atoms with Crippen LogP contribution in [0.25, 0.3) is 0 Å². The summed E-state index contributed by atoms with van der Waals surface area (Å²) < 4.78 is 12.2. The van der Waals surface area contributed by atoms with E-state index >= 15 is 0 Å². The van der Waals surface area contributed by atoms with Crippen LogP contribution in [0.3, 0.4) is 0 Å². The second-order valence-corrected chi connectivity index (χ2v) is 8.32. The zero-order chi connectivity index (χ0) is 23.3. The Morgan fingerprint density at radius 1 is 1.03 bits per heavy atom. The normalized spacial score (nSPS) is 10.2. The van der Waals surface area contributed by atoms with Gasteiger partial charge in [-0.2, -0.15) is 0 Å². The molecular formula is C23H28BrN3O4S. The van der Waals surface area contributed by atoms with Crippen LogP contribution in [0.2, 0.25) is 0 Å². The Balaban J connectivity index is 1.77. The summed E-state index contributed by atoms with van der Waals surface area (Å²) in [5.74, 6) is 0.190. The Morgan fingerprint density at radius 3 is 2.56 bits per heavy atom. The molecule has 0 atom stereocenters. The van der Waals surface area contributed by atoms with Gasteiger partial charge >= 0.3 is 0 Å². The minimum absolute atomic E-state index is 0.0411. The van der Waals surface area contributed by atoms with E-state index < -0.39 is 11.8 Å². The number of ether oxygens (including phenoxy) is 2. The van der Waals surface area contributed by atoms with E-state index in [0.717, 1.165) is 35.7 Å². The maximum absolute atomic E-state index is 12.6. The number of hydrogen-bond acceptors (Lipinski definition) is 5. The number of hydrogen-bond donors (Lipinski definition) is 3. The molecule has 0 aliphatic heterocycles. The van der Waals surface area contributed by atoms with Crippen LogP contribution in [0.1, 0.15) is 48.5 Å². The molecule has 0 radical (unpaired) electrons. The predicted octanol–water partition coefficient (Wildman–Crippen LogP) is 4.43. The molecular weight excluding hydrogens is 494 g/mol. The number of para-hydroxylation sites is 1. The molecule has 32 heavy (non-hydrogen) atoms. The van der Waals surface area contributed by atoms with Gasteiger partial charge in [0, 0.05) is 4.47 Å². The molecule has 0 aliphatic rings. The fraction of sp³-hybridized carbons (Fsp3) is 0.348. The summed E-state index contributed by atoms with van der Waals surface area (Å²) in [6, 6.07) is 12.4. The molecule has 0 bridgehead atoms. The van der Waals surface area contributed by atoms with Crippen molar-refractivity contribution in [2.24, 2.45) is 0 Å². The third kappa shape index (κ3) is 8.84. The Morgan fingerprint density at radius 2 is 1.81 bits per heavy atom. The first-order chi connectivity index (χ1) is 15.4. The lowest BCUT2D eigenvalue weighted by molar-refractivity contribution is -0.123. The number of benzene rings is 2. The van der Waals surface area contributed by atoms with Crippen molar-refractivity contribution in [3.8, 4) is 11.5 Å². The number of hydrazine groups is 1. The quantitative estimate of drug-likeness (QED) is 0.243. The summed E-state index contributed by atoms with van der Waals surface area (Å²) in [6.07, 6.45) is 4.32. The maximum atomic E-state index is 12.6. The number of unbranched alkanes of at least 4 members (excludes halogenated alkanes) is 3. The second-order valence-electron chi connectivity index (χ2n) is 7.06. The Hall–Kier alpha value is -2.65. The van der Waals surface area contributed by atoms with Crippen molar-refractivity contribution < 1.29 is 19.1 Å². The summed E-state index contributed by atoms with van der Waals surface area (Å²) >= 11 is 8.50. The Kier molecular flexibility index (Phi) is 11.0. The molecule has 0 heterocycles. The van der Waals surface area contributed by atoms with Gasteiger partial charge < -0.3 is 9.47 Å². The highest BCUT2D eigenvalue weighted by Crippen LogP contribution is 2.21. The molecule has 2 aromatic rings. The van der Waals surface area contributed by atoms with Crippen LogP contribution >= 0.6 is 28.1 Å². The van der Waals surface area contributed by atoms with Crippen molar-refractivity contribution in [3.63, 3.8) is 0 Å². The molecule has 0 saturated carbocycles. The van der Waals surface area contributed by atoms with Gasteiger partial charge in [0.05, 0.1) is 12.2 Å². The van der Waals surface area contributed by atoms with Crippen LogP contribution in [-0.4, -0.2) is 30.1 Å². The molecule has 172 valence electrons. The van der Waals surface area contributed by atoms with E-state index in [1.165, 1.54) is 0 Å². The third-order valence-corrected chi connectivity index (χ3v) is 5.52. The van der Waals surface area contributed by atoms with Crippen LogP contribution in [0, 0.1) is 6.92 Å². The number of aryl methyl sites for hydroxylation is 1. The summed E-state index contributed by atoms with van der Waals surface area (Å²) in [5.41, 5.74) is 6.25. The Labute approximate surface area is 202 Å². The van der Waals surface area contributed by atoms with E-state index in [1.807, 2.05) is 25.1 Å². The van der Waals surface area contributed by atoms with Gasteiger partial charge in [-0.3, -0.25) is 25.8 Å². The molecule has 7 nitrogen and oxygen atoms in total. The number of rotatable bonds is 10. The van der Waals surface area contributed by atoms with Crippen LogP contribution in [-0.2, 0) is 4.79 Å². The average Bonchev–Trinajstić information content (AvgIpc) is 2.78. The van der Waals surface area contributed by atoms with Crippen molar-refractivity contribution in [2.75, 3.05) is 13.2 Å². The highest BCUT2D eigenvalue weighted by molar-refractivity contribution is 9.10. The minimum atomic E-state index is -0.446. The molecule has 3 N–H and O–H groups in total. The fourth-order valence-electron chi connectivity index (χ4n) is 2.71. The monoisotopic (exact) mass is 521 g/mol. The first-order valence-electron chi connectivity index (χ1n) is 10.4. The van der Waals surface area contributed by atoms with Crippen molar-refractivity contribution in [1.29, 1.82) is 0 Å². The molecule has 0 aromatic heterocycles. The van der Waals surface area contributed by atoms with E-state index in [9.17, 15) is 9.59 Å². The number of halogens is 1. The van der Waals surface area contributed by atoms with Gasteiger partial charge in [0.15, 0.2) is 11.7 Å². The van der Waals surface area contributed by atoms with E-state index in [0.29, 0.717) is 23.7 Å². The molecule has 9 heteroatoms. The first-order valence-corrected chi connectivity index (χ1v) is 11.6. The lowest BCUT2D eigenvalue weighted by Gasteiger charge is -2.14. The zero-order valence-corrected chi connectivity index (χ0v) is 20.6. The standard InChI is InChI=1S/C23H28BrN3O4S/c1-3-4-5-8-13-30-20-10-7-6-9-18(20)22(29)25-23(32)27-26-21(28)15-31-17-11-12-19(24)16(2)14-17/h6-7,9-12,14H,3-5,8,13,15H2,1-2H3,(H,26,28)(H2,25,27,29,32).